The van der Waals surface area contributed by atoms with Crippen molar-refractivity contribution in [1.29, 1.82) is 0 Å². The number of amides is 1. The number of hydrogen-bond donors (Lipinski definition) is 1. The van der Waals surface area contributed by atoms with Gasteiger partial charge in [-0.3, -0.25) is 4.79 Å². The number of carbonyl (C=O) groups excluding carboxylic acids is 1. The molecule has 0 aliphatic carbocycles. The first-order valence-electron chi connectivity index (χ1n) is 5.79. The lowest BCUT2D eigenvalue weighted by atomic mass is 10.1. The van der Waals surface area contributed by atoms with Gasteiger partial charge >= 0.3 is 0 Å². The van der Waals surface area contributed by atoms with Crippen LogP contribution < -0.4 is 5.32 Å². The summed E-state index contributed by atoms with van der Waals surface area (Å²) in [7, 11) is 0. The number of rotatable bonds is 3. The highest BCUT2D eigenvalue weighted by molar-refractivity contribution is 5.93. The molecule has 0 aliphatic heterocycles. The summed E-state index contributed by atoms with van der Waals surface area (Å²) in [6.45, 7) is 3.31. The van der Waals surface area contributed by atoms with Crippen molar-refractivity contribution < 1.29 is 9.32 Å². The molecule has 96 valence electrons. The van der Waals surface area contributed by atoms with Crippen molar-refractivity contribution in [3.63, 3.8) is 0 Å². The minimum atomic E-state index is -0.466. The highest BCUT2D eigenvalue weighted by atomic mass is 16.5. The summed E-state index contributed by atoms with van der Waals surface area (Å²) in [6, 6.07) is 8.97. The van der Waals surface area contributed by atoms with E-state index in [1.807, 2.05) is 30.3 Å². The number of aryl methyl sites for hydroxylation is 1. The molecular weight excluding hydrogens is 242 g/mol. The minimum absolute atomic E-state index is 0.376. The van der Waals surface area contributed by atoms with Crippen molar-refractivity contribution in [3.8, 4) is 11.8 Å². The van der Waals surface area contributed by atoms with Gasteiger partial charge < -0.3 is 9.84 Å². The molecule has 5 nitrogen and oxygen atoms in total. The van der Waals surface area contributed by atoms with Gasteiger partial charge in [-0.2, -0.15) is 4.98 Å². The smallest absolute Gasteiger partial charge is 0.296 e. The molecule has 0 saturated carbocycles. The first-order valence-corrected chi connectivity index (χ1v) is 5.79. The lowest BCUT2D eigenvalue weighted by molar-refractivity contribution is -0.116. The van der Waals surface area contributed by atoms with E-state index < -0.39 is 6.04 Å². The molecule has 2 aromatic rings. The fourth-order valence-electron chi connectivity index (χ4n) is 1.66. The molecule has 19 heavy (non-hydrogen) atoms. The Morgan fingerprint density at radius 3 is 2.68 bits per heavy atom. The van der Waals surface area contributed by atoms with Crippen LogP contribution in [0.5, 0.6) is 0 Å². The molecular formula is C14H13N3O2. The second kappa shape index (κ2) is 5.83. The number of carbonyl (C=O) groups is 1. The summed E-state index contributed by atoms with van der Waals surface area (Å²) in [6.07, 6.45) is 0. The number of nitrogens with one attached hydrogen (secondary N) is 1. The second-order valence-corrected chi connectivity index (χ2v) is 3.86. The van der Waals surface area contributed by atoms with Gasteiger partial charge in [0.15, 0.2) is 5.82 Å². The lowest BCUT2D eigenvalue weighted by Crippen LogP contribution is -2.28. The molecule has 1 N–H and O–H groups in total. The Morgan fingerprint density at radius 2 is 2.11 bits per heavy atom. The molecule has 5 heteroatoms. The third-order valence-electron chi connectivity index (χ3n) is 2.45. The van der Waals surface area contributed by atoms with Crippen LogP contribution in [-0.2, 0) is 4.79 Å². The monoisotopic (exact) mass is 255 g/mol. The Balaban J connectivity index is 2.33. The lowest BCUT2D eigenvalue weighted by Gasteiger charge is -2.13. The van der Waals surface area contributed by atoms with Crippen molar-refractivity contribution in [2.75, 3.05) is 0 Å². The van der Waals surface area contributed by atoms with Gasteiger partial charge in [-0.25, -0.2) is 0 Å². The zero-order valence-electron chi connectivity index (χ0n) is 10.7. The maximum Gasteiger partial charge on any atom is 0.296 e. The summed E-state index contributed by atoms with van der Waals surface area (Å²) in [5.41, 5.74) is 0.870. The Hall–Kier alpha value is -2.61. The van der Waals surface area contributed by atoms with Gasteiger partial charge in [-0.05, 0) is 18.4 Å². The average molecular weight is 255 g/mol. The highest BCUT2D eigenvalue weighted by Crippen LogP contribution is 2.19. The Kier molecular flexibility index (Phi) is 3.94. The van der Waals surface area contributed by atoms with Crippen molar-refractivity contribution in [3.05, 3.63) is 47.6 Å². The summed E-state index contributed by atoms with van der Waals surface area (Å²) >= 11 is 0. The topological polar surface area (TPSA) is 68.0 Å². The van der Waals surface area contributed by atoms with Gasteiger partial charge in [-0.15, -0.1) is 0 Å². The van der Waals surface area contributed by atoms with Crippen LogP contribution in [0.25, 0.3) is 0 Å². The van der Waals surface area contributed by atoms with E-state index >= 15 is 0 Å². The standard InChI is InChI=1S/C14H13N3O2/c1-3-7-12(18)16-13(11-8-5-4-6-9-11)14-15-10(2)19-17-14/h4-6,8-9,13H,1-2H3,(H,16,18). The molecule has 0 fully saturated rings. The Bertz CT molecular complexity index is 623. The zero-order chi connectivity index (χ0) is 13.7. The van der Waals surface area contributed by atoms with E-state index in [0.717, 1.165) is 5.56 Å². The first kappa shape index (κ1) is 12.8. The normalized spacial score (nSPS) is 11.3. The van der Waals surface area contributed by atoms with E-state index in [0.29, 0.717) is 11.7 Å². The van der Waals surface area contributed by atoms with Gasteiger partial charge in [0, 0.05) is 6.92 Å². The third kappa shape index (κ3) is 3.19. The van der Waals surface area contributed by atoms with Gasteiger partial charge in [0.25, 0.3) is 5.91 Å². The molecule has 0 radical (unpaired) electrons. The second-order valence-electron chi connectivity index (χ2n) is 3.86. The number of nitrogens with zero attached hydrogens (tertiary/aromatic N) is 2. The fourth-order valence-corrected chi connectivity index (χ4v) is 1.66. The van der Waals surface area contributed by atoms with Gasteiger partial charge in [0.1, 0.15) is 6.04 Å². The van der Waals surface area contributed by atoms with Crippen LogP contribution >= 0.6 is 0 Å². The summed E-state index contributed by atoms with van der Waals surface area (Å²) in [5.74, 6) is 5.48. The Morgan fingerprint density at radius 1 is 1.37 bits per heavy atom. The summed E-state index contributed by atoms with van der Waals surface area (Å²) < 4.78 is 4.96. The van der Waals surface area contributed by atoms with Crippen LogP contribution in [0.1, 0.15) is 30.2 Å². The van der Waals surface area contributed by atoms with Gasteiger partial charge in [0.2, 0.25) is 5.89 Å². The molecule has 1 heterocycles. The largest absolute Gasteiger partial charge is 0.340 e. The SMILES string of the molecule is CC#CC(=O)NC(c1ccccc1)c1noc(C)n1. The fraction of sp³-hybridized carbons (Fsp3) is 0.214. The molecule has 1 atom stereocenters. The third-order valence-corrected chi connectivity index (χ3v) is 2.45. The molecule has 2 rings (SSSR count). The maximum absolute atomic E-state index is 11.6. The van der Waals surface area contributed by atoms with E-state index in [1.165, 1.54) is 0 Å². The van der Waals surface area contributed by atoms with Crippen molar-refractivity contribution in [2.24, 2.45) is 0 Å². The Labute approximate surface area is 111 Å². The average Bonchev–Trinajstić information content (AvgIpc) is 2.84. The van der Waals surface area contributed by atoms with Crippen LogP contribution in [-0.4, -0.2) is 16.0 Å². The van der Waals surface area contributed by atoms with Crippen LogP contribution in [0.15, 0.2) is 34.9 Å². The van der Waals surface area contributed by atoms with Gasteiger partial charge in [0.05, 0.1) is 0 Å². The predicted molar refractivity (Wildman–Crippen MR) is 68.9 cm³/mol. The van der Waals surface area contributed by atoms with E-state index in [4.69, 9.17) is 4.52 Å². The van der Waals surface area contributed by atoms with Crippen LogP contribution in [0.2, 0.25) is 0 Å². The van der Waals surface area contributed by atoms with E-state index in [9.17, 15) is 4.79 Å². The number of hydrogen-bond acceptors (Lipinski definition) is 4. The molecule has 0 aliphatic rings. The van der Waals surface area contributed by atoms with Crippen LogP contribution in [0, 0.1) is 18.8 Å². The zero-order valence-corrected chi connectivity index (χ0v) is 10.7. The summed E-state index contributed by atoms with van der Waals surface area (Å²) in [5, 5.41) is 6.62. The predicted octanol–water partition coefficient (Wildman–Crippen LogP) is 1.61. The highest BCUT2D eigenvalue weighted by Gasteiger charge is 2.20. The van der Waals surface area contributed by atoms with Crippen LogP contribution in [0.4, 0.5) is 0 Å². The molecule has 1 unspecified atom stereocenters. The van der Waals surface area contributed by atoms with E-state index in [-0.39, 0.29) is 5.91 Å². The number of aromatic nitrogens is 2. The van der Waals surface area contributed by atoms with E-state index in [1.54, 1.807) is 13.8 Å². The molecule has 0 spiro atoms. The molecule has 0 bridgehead atoms. The van der Waals surface area contributed by atoms with Crippen LogP contribution in [0.3, 0.4) is 0 Å². The van der Waals surface area contributed by atoms with Crippen molar-refractivity contribution in [2.45, 2.75) is 19.9 Å². The first-order chi connectivity index (χ1) is 9.20. The molecule has 1 amide bonds. The summed E-state index contributed by atoms with van der Waals surface area (Å²) in [4.78, 5) is 15.8. The quantitative estimate of drug-likeness (QED) is 0.846. The van der Waals surface area contributed by atoms with Crippen molar-refractivity contribution >= 4 is 5.91 Å². The molecule has 1 aromatic heterocycles. The van der Waals surface area contributed by atoms with Gasteiger partial charge in [-0.1, -0.05) is 41.4 Å². The van der Waals surface area contributed by atoms with E-state index in [2.05, 4.69) is 27.3 Å². The number of benzene rings is 1. The molecule has 1 aromatic carbocycles. The molecule has 0 saturated heterocycles. The maximum atomic E-state index is 11.6. The minimum Gasteiger partial charge on any atom is -0.340 e. The van der Waals surface area contributed by atoms with Crippen molar-refractivity contribution in [1.82, 2.24) is 15.5 Å².